The van der Waals surface area contributed by atoms with Gasteiger partial charge in [0.05, 0.1) is 12.6 Å². The lowest BCUT2D eigenvalue weighted by atomic mass is 9.83. The van der Waals surface area contributed by atoms with Crippen molar-refractivity contribution in [3.63, 3.8) is 0 Å². The molecule has 1 amide bonds. The molecule has 4 nitrogen and oxygen atoms in total. The summed E-state index contributed by atoms with van der Waals surface area (Å²) in [6.45, 7) is 1.88. The second kappa shape index (κ2) is 6.57. The minimum atomic E-state index is -0.728. The fourth-order valence-corrected chi connectivity index (χ4v) is 2.69. The van der Waals surface area contributed by atoms with Gasteiger partial charge in [0.1, 0.15) is 11.4 Å². The summed E-state index contributed by atoms with van der Waals surface area (Å²) in [4.78, 5) is 12.0. The Morgan fingerprint density at radius 3 is 2.76 bits per heavy atom. The van der Waals surface area contributed by atoms with Gasteiger partial charge in [-0.15, -0.1) is 0 Å². The van der Waals surface area contributed by atoms with Crippen molar-refractivity contribution in [3.8, 4) is 6.07 Å². The van der Waals surface area contributed by atoms with Crippen molar-refractivity contribution in [1.82, 2.24) is 5.32 Å². The van der Waals surface area contributed by atoms with E-state index in [-0.39, 0.29) is 18.3 Å². The zero-order chi connectivity index (χ0) is 15.3. The molecule has 1 aliphatic carbocycles. The van der Waals surface area contributed by atoms with E-state index in [9.17, 15) is 14.4 Å². The van der Waals surface area contributed by atoms with E-state index >= 15 is 0 Å². The molecule has 1 saturated carbocycles. The van der Waals surface area contributed by atoms with Crippen LogP contribution in [0.3, 0.4) is 0 Å². The molecule has 1 aromatic carbocycles. The standard InChI is InChI=1S/C16H20FN3O/c1-12-5-6-13(17)9-14(12)19-10-15(21)20-16(11-18)7-3-2-4-8-16/h5-6,9,19H,2-4,7-8,10H2,1H3,(H,20,21). The lowest BCUT2D eigenvalue weighted by molar-refractivity contribution is -0.121. The topological polar surface area (TPSA) is 64.9 Å². The van der Waals surface area contributed by atoms with Crippen LogP contribution in [0, 0.1) is 24.1 Å². The van der Waals surface area contributed by atoms with E-state index in [1.165, 1.54) is 12.1 Å². The van der Waals surface area contributed by atoms with Gasteiger partial charge in [-0.1, -0.05) is 25.3 Å². The van der Waals surface area contributed by atoms with Crippen LogP contribution in [0.15, 0.2) is 18.2 Å². The average molecular weight is 289 g/mol. The summed E-state index contributed by atoms with van der Waals surface area (Å²) in [6.07, 6.45) is 4.44. The first-order chi connectivity index (χ1) is 10.0. The van der Waals surface area contributed by atoms with Gasteiger partial charge in [-0.05, 0) is 37.5 Å². The number of hydrogen-bond acceptors (Lipinski definition) is 3. The van der Waals surface area contributed by atoms with Gasteiger partial charge >= 0.3 is 0 Å². The summed E-state index contributed by atoms with van der Waals surface area (Å²) in [5.41, 5.74) is 0.741. The molecule has 0 spiro atoms. The number of halogens is 1. The molecule has 0 heterocycles. The van der Waals surface area contributed by atoms with Gasteiger partial charge in [0.2, 0.25) is 5.91 Å². The molecule has 1 aliphatic rings. The van der Waals surface area contributed by atoms with E-state index in [1.54, 1.807) is 6.07 Å². The fourth-order valence-electron chi connectivity index (χ4n) is 2.69. The zero-order valence-corrected chi connectivity index (χ0v) is 12.2. The summed E-state index contributed by atoms with van der Waals surface area (Å²) in [5, 5.41) is 15.1. The SMILES string of the molecule is Cc1ccc(F)cc1NCC(=O)NC1(C#N)CCCCC1. The van der Waals surface area contributed by atoms with Crippen molar-refractivity contribution in [3.05, 3.63) is 29.6 Å². The minimum absolute atomic E-state index is 0.0354. The highest BCUT2D eigenvalue weighted by Crippen LogP contribution is 2.27. The van der Waals surface area contributed by atoms with E-state index in [1.807, 2.05) is 6.92 Å². The van der Waals surface area contributed by atoms with Gasteiger partial charge in [0.15, 0.2) is 0 Å². The molecule has 1 aromatic rings. The van der Waals surface area contributed by atoms with Crippen LogP contribution in [-0.2, 0) is 4.79 Å². The van der Waals surface area contributed by atoms with Gasteiger partial charge in [-0.2, -0.15) is 5.26 Å². The number of carbonyl (C=O) groups excluding carboxylic acids is 1. The number of amides is 1. The predicted octanol–water partition coefficient (Wildman–Crippen LogP) is 2.89. The number of aryl methyl sites for hydroxylation is 1. The first kappa shape index (κ1) is 15.3. The van der Waals surface area contributed by atoms with Crippen LogP contribution >= 0.6 is 0 Å². The van der Waals surface area contributed by atoms with Gasteiger partial charge in [0.25, 0.3) is 0 Å². The molecule has 21 heavy (non-hydrogen) atoms. The van der Waals surface area contributed by atoms with Crippen LogP contribution < -0.4 is 10.6 Å². The number of rotatable bonds is 4. The van der Waals surface area contributed by atoms with E-state index in [0.717, 1.165) is 24.8 Å². The third-order valence-corrected chi connectivity index (χ3v) is 3.94. The summed E-state index contributed by atoms with van der Waals surface area (Å²) in [5.74, 6) is -0.577. The van der Waals surface area contributed by atoms with Crippen LogP contribution in [0.2, 0.25) is 0 Å². The fraction of sp³-hybridized carbons (Fsp3) is 0.500. The van der Waals surface area contributed by atoms with E-state index in [2.05, 4.69) is 16.7 Å². The second-order valence-corrected chi connectivity index (χ2v) is 5.62. The molecule has 1 fully saturated rings. The van der Waals surface area contributed by atoms with Gasteiger partial charge in [0, 0.05) is 5.69 Å². The van der Waals surface area contributed by atoms with E-state index in [0.29, 0.717) is 18.5 Å². The third kappa shape index (κ3) is 3.94. The first-order valence-corrected chi connectivity index (χ1v) is 7.27. The number of anilines is 1. The van der Waals surface area contributed by atoms with Crippen LogP contribution in [0.25, 0.3) is 0 Å². The Labute approximate surface area is 124 Å². The maximum Gasteiger partial charge on any atom is 0.240 e. The highest BCUT2D eigenvalue weighted by Gasteiger charge is 2.33. The maximum atomic E-state index is 13.2. The minimum Gasteiger partial charge on any atom is -0.376 e. The van der Waals surface area contributed by atoms with Crippen LogP contribution in [0.4, 0.5) is 10.1 Å². The molecule has 0 bridgehead atoms. The molecule has 0 aliphatic heterocycles. The summed E-state index contributed by atoms with van der Waals surface area (Å²) in [6, 6.07) is 6.65. The molecule has 112 valence electrons. The molecule has 0 atom stereocenters. The molecule has 0 saturated heterocycles. The Hall–Kier alpha value is -2.09. The Bertz CT molecular complexity index is 559. The highest BCUT2D eigenvalue weighted by atomic mass is 19.1. The van der Waals surface area contributed by atoms with Crippen molar-refractivity contribution in [2.75, 3.05) is 11.9 Å². The van der Waals surface area contributed by atoms with Crippen molar-refractivity contribution >= 4 is 11.6 Å². The quantitative estimate of drug-likeness (QED) is 0.895. The highest BCUT2D eigenvalue weighted by molar-refractivity contribution is 5.82. The Balaban J connectivity index is 1.93. The van der Waals surface area contributed by atoms with Crippen LogP contribution in [-0.4, -0.2) is 18.0 Å². The lowest BCUT2D eigenvalue weighted by Gasteiger charge is -2.31. The lowest BCUT2D eigenvalue weighted by Crippen LogP contribution is -2.50. The molecule has 5 heteroatoms. The molecular weight excluding hydrogens is 269 g/mol. The second-order valence-electron chi connectivity index (χ2n) is 5.62. The maximum absolute atomic E-state index is 13.2. The number of nitrogens with zero attached hydrogens (tertiary/aromatic N) is 1. The van der Waals surface area contributed by atoms with Gasteiger partial charge < -0.3 is 10.6 Å². The molecule has 0 aromatic heterocycles. The van der Waals surface area contributed by atoms with Crippen molar-refractivity contribution in [2.24, 2.45) is 0 Å². The number of nitrogens with one attached hydrogen (secondary N) is 2. The van der Waals surface area contributed by atoms with Gasteiger partial charge in [-0.25, -0.2) is 4.39 Å². The smallest absolute Gasteiger partial charge is 0.240 e. The van der Waals surface area contributed by atoms with Crippen molar-refractivity contribution < 1.29 is 9.18 Å². The Morgan fingerprint density at radius 2 is 2.10 bits per heavy atom. The molecule has 0 radical (unpaired) electrons. The monoisotopic (exact) mass is 289 g/mol. The molecule has 2 rings (SSSR count). The largest absolute Gasteiger partial charge is 0.376 e. The Morgan fingerprint density at radius 1 is 1.38 bits per heavy atom. The summed E-state index contributed by atoms with van der Waals surface area (Å²) >= 11 is 0. The number of carbonyl (C=O) groups is 1. The summed E-state index contributed by atoms with van der Waals surface area (Å²) in [7, 11) is 0. The third-order valence-electron chi connectivity index (χ3n) is 3.94. The average Bonchev–Trinajstić information content (AvgIpc) is 2.49. The van der Waals surface area contributed by atoms with Crippen LogP contribution in [0.1, 0.15) is 37.7 Å². The van der Waals surface area contributed by atoms with E-state index in [4.69, 9.17) is 0 Å². The Kier molecular flexibility index (Phi) is 4.79. The van der Waals surface area contributed by atoms with Gasteiger partial charge in [-0.3, -0.25) is 4.79 Å². The molecule has 2 N–H and O–H groups in total. The number of nitriles is 1. The number of benzene rings is 1. The summed E-state index contributed by atoms with van der Waals surface area (Å²) < 4.78 is 13.2. The normalized spacial score (nSPS) is 16.8. The van der Waals surface area contributed by atoms with Crippen molar-refractivity contribution in [1.29, 1.82) is 5.26 Å². The van der Waals surface area contributed by atoms with E-state index < -0.39 is 5.54 Å². The van der Waals surface area contributed by atoms with Crippen LogP contribution in [0.5, 0.6) is 0 Å². The molecule has 0 unspecified atom stereocenters. The number of hydrogen-bond donors (Lipinski definition) is 2. The predicted molar refractivity (Wildman–Crippen MR) is 79.2 cm³/mol. The zero-order valence-electron chi connectivity index (χ0n) is 12.2. The van der Waals surface area contributed by atoms with Crippen molar-refractivity contribution in [2.45, 2.75) is 44.6 Å². The molecular formula is C16H20FN3O. The first-order valence-electron chi connectivity index (χ1n) is 7.27.